The first-order chi connectivity index (χ1) is 17.1. The molecule has 0 aliphatic carbocycles. The van der Waals surface area contributed by atoms with E-state index in [0.717, 1.165) is 10.6 Å². The summed E-state index contributed by atoms with van der Waals surface area (Å²) in [5, 5.41) is 7.32. The number of nitrogens with zero attached hydrogens (tertiary/aromatic N) is 3. The normalized spacial score (nSPS) is 11.0. The number of hydrogen-bond donors (Lipinski definition) is 2. The van der Waals surface area contributed by atoms with Gasteiger partial charge in [-0.25, -0.2) is 9.78 Å². The highest BCUT2D eigenvalue weighted by molar-refractivity contribution is 7.98. The second-order valence-electron chi connectivity index (χ2n) is 8.39. The maximum Gasteiger partial charge on any atom is 0.323 e. The largest absolute Gasteiger partial charge is 0.361 e. The van der Waals surface area contributed by atoms with Crippen molar-refractivity contribution in [3.05, 3.63) is 74.6 Å². The third kappa shape index (κ3) is 4.89. The molecule has 4 aromatic rings. The molecule has 0 saturated heterocycles. The summed E-state index contributed by atoms with van der Waals surface area (Å²) in [7, 11) is 5.36. The summed E-state index contributed by atoms with van der Waals surface area (Å²) < 4.78 is 1.48. The Morgan fingerprint density at radius 2 is 1.75 bits per heavy atom. The van der Waals surface area contributed by atoms with Gasteiger partial charge in [0.2, 0.25) is 0 Å². The first kappa shape index (κ1) is 25.9. The Kier molecular flexibility index (Phi) is 7.49. The number of aromatic nitrogens is 2. The Balaban J connectivity index is 1.89. The van der Waals surface area contributed by atoms with Crippen LogP contribution >= 0.6 is 35.0 Å². The van der Waals surface area contributed by atoms with Crippen LogP contribution in [-0.2, 0) is 7.05 Å². The molecule has 2 aromatic heterocycles. The summed E-state index contributed by atoms with van der Waals surface area (Å²) in [5.41, 5.74) is 2.86. The lowest BCUT2D eigenvalue weighted by atomic mass is 9.99. The van der Waals surface area contributed by atoms with Gasteiger partial charge in [0.15, 0.2) is 5.82 Å². The molecule has 2 amide bonds. The van der Waals surface area contributed by atoms with Gasteiger partial charge in [-0.15, -0.1) is 11.8 Å². The van der Waals surface area contributed by atoms with Gasteiger partial charge in [-0.3, -0.25) is 4.79 Å². The first-order valence-electron chi connectivity index (χ1n) is 11.0. The highest BCUT2D eigenvalue weighted by Crippen LogP contribution is 2.39. The standard InChI is InChI=1S/C26H25Cl2N5O2S/c1-14-12-20(36-5)22(24(29-14)32(2)3)30-26(35)31-23-21(16-8-6-7-9-18(16)28)17-13-15(27)10-11-19(17)33(4)25(23)34/h6-13H,1-5H3,(H2,30,31,35). The van der Waals surface area contributed by atoms with Crippen molar-refractivity contribution in [2.24, 2.45) is 7.05 Å². The number of benzene rings is 2. The monoisotopic (exact) mass is 541 g/mol. The molecule has 2 aromatic carbocycles. The molecular weight excluding hydrogens is 517 g/mol. The summed E-state index contributed by atoms with van der Waals surface area (Å²) in [6.07, 6.45) is 1.93. The topological polar surface area (TPSA) is 79.3 Å². The number of nitrogens with one attached hydrogen (secondary N) is 2. The lowest BCUT2D eigenvalue weighted by Crippen LogP contribution is -2.29. The molecule has 4 rings (SSSR count). The van der Waals surface area contributed by atoms with E-state index >= 15 is 0 Å². The Labute approximate surface area is 223 Å². The number of hydrogen-bond acceptors (Lipinski definition) is 5. The smallest absolute Gasteiger partial charge is 0.323 e. The number of urea groups is 1. The molecule has 0 bridgehead atoms. The third-order valence-corrected chi connectivity index (χ3v) is 7.04. The van der Waals surface area contributed by atoms with Crippen molar-refractivity contribution in [1.82, 2.24) is 9.55 Å². The van der Waals surface area contributed by atoms with Gasteiger partial charge in [0, 0.05) is 58.3 Å². The summed E-state index contributed by atoms with van der Waals surface area (Å²) in [5.74, 6) is 0.610. The summed E-state index contributed by atoms with van der Waals surface area (Å²) in [6.45, 7) is 1.90. The van der Waals surface area contributed by atoms with Crippen molar-refractivity contribution in [3.63, 3.8) is 0 Å². The maximum absolute atomic E-state index is 13.5. The van der Waals surface area contributed by atoms with Gasteiger partial charge >= 0.3 is 6.03 Å². The predicted molar refractivity (Wildman–Crippen MR) is 152 cm³/mol. The fourth-order valence-electron chi connectivity index (χ4n) is 4.07. The van der Waals surface area contributed by atoms with Crippen LogP contribution in [0.25, 0.3) is 22.0 Å². The molecule has 0 unspecified atom stereocenters. The third-order valence-electron chi connectivity index (χ3n) is 5.71. The van der Waals surface area contributed by atoms with Gasteiger partial charge < -0.3 is 20.1 Å². The quantitative estimate of drug-likeness (QED) is 0.276. The van der Waals surface area contributed by atoms with E-state index < -0.39 is 6.03 Å². The molecule has 2 heterocycles. The molecule has 0 saturated carbocycles. The van der Waals surface area contributed by atoms with E-state index in [2.05, 4.69) is 15.6 Å². The Bertz CT molecular complexity index is 1550. The summed E-state index contributed by atoms with van der Waals surface area (Å²) >= 11 is 14.4. The second-order valence-corrected chi connectivity index (χ2v) is 10.1. The van der Waals surface area contributed by atoms with Gasteiger partial charge in [-0.1, -0.05) is 41.4 Å². The highest BCUT2D eigenvalue weighted by Gasteiger charge is 2.22. The first-order valence-corrected chi connectivity index (χ1v) is 13.0. The van der Waals surface area contributed by atoms with E-state index in [-0.39, 0.29) is 11.2 Å². The van der Waals surface area contributed by atoms with E-state index in [1.54, 1.807) is 43.4 Å². The molecule has 36 heavy (non-hydrogen) atoms. The number of carbonyl (C=O) groups is 1. The van der Waals surface area contributed by atoms with Crippen LogP contribution < -0.4 is 21.1 Å². The van der Waals surface area contributed by atoms with Crippen molar-refractivity contribution < 1.29 is 4.79 Å². The zero-order valence-corrected chi connectivity index (χ0v) is 22.8. The molecular formula is C26H25Cl2N5O2S. The molecule has 0 fully saturated rings. The fourth-order valence-corrected chi connectivity index (χ4v) is 5.10. The SMILES string of the molecule is CSc1cc(C)nc(N(C)C)c1NC(=O)Nc1c(-c2ccccc2Cl)c2cc(Cl)ccc2n(C)c1=O. The minimum atomic E-state index is -0.578. The van der Waals surface area contributed by atoms with Crippen LogP contribution in [-0.4, -0.2) is 35.9 Å². The predicted octanol–water partition coefficient (Wildman–Crippen LogP) is 6.65. The van der Waals surface area contributed by atoms with Crippen LogP contribution in [0.4, 0.5) is 22.0 Å². The summed E-state index contributed by atoms with van der Waals surface area (Å²) in [6, 6.07) is 13.7. The van der Waals surface area contributed by atoms with Crippen LogP contribution in [0.2, 0.25) is 10.0 Å². The van der Waals surface area contributed by atoms with Crippen LogP contribution in [0.1, 0.15) is 5.69 Å². The summed E-state index contributed by atoms with van der Waals surface area (Å²) in [4.78, 5) is 34.1. The molecule has 0 atom stereocenters. The van der Waals surface area contributed by atoms with E-state index in [0.29, 0.717) is 43.6 Å². The Morgan fingerprint density at radius 3 is 2.42 bits per heavy atom. The molecule has 10 heteroatoms. The number of thioether (sulfide) groups is 1. The Hall–Kier alpha value is -3.20. The number of amides is 2. The highest BCUT2D eigenvalue weighted by atomic mass is 35.5. The van der Waals surface area contributed by atoms with E-state index in [4.69, 9.17) is 23.2 Å². The zero-order chi connectivity index (χ0) is 26.1. The molecule has 0 spiro atoms. The van der Waals surface area contributed by atoms with Gasteiger partial charge in [0.05, 0.1) is 11.2 Å². The lowest BCUT2D eigenvalue weighted by Gasteiger charge is -2.21. The fraction of sp³-hybridized carbons (Fsp3) is 0.192. The number of rotatable bonds is 5. The van der Waals surface area contributed by atoms with Gasteiger partial charge in [0.1, 0.15) is 5.69 Å². The van der Waals surface area contributed by atoms with Crippen LogP contribution in [0.5, 0.6) is 0 Å². The zero-order valence-electron chi connectivity index (χ0n) is 20.4. The second kappa shape index (κ2) is 10.4. The molecule has 0 aliphatic rings. The lowest BCUT2D eigenvalue weighted by molar-refractivity contribution is 0.262. The minimum Gasteiger partial charge on any atom is -0.361 e. The minimum absolute atomic E-state index is 0.0926. The number of pyridine rings is 2. The van der Waals surface area contributed by atoms with Gasteiger partial charge in [0.25, 0.3) is 5.56 Å². The molecule has 186 valence electrons. The average molecular weight is 542 g/mol. The Morgan fingerprint density at radius 1 is 1.06 bits per heavy atom. The number of aryl methyl sites for hydroxylation is 2. The van der Waals surface area contributed by atoms with E-state index in [9.17, 15) is 9.59 Å². The number of fused-ring (bicyclic) bond motifs is 1. The van der Waals surface area contributed by atoms with Crippen LogP contribution in [0.15, 0.2) is 58.2 Å². The van der Waals surface area contributed by atoms with E-state index in [1.807, 2.05) is 44.3 Å². The van der Waals surface area contributed by atoms with Crippen molar-refractivity contribution in [1.29, 1.82) is 0 Å². The molecule has 2 N–H and O–H groups in total. The van der Waals surface area contributed by atoms with Crippen molar-refractivity contribution in [2.75, 3.05) is 35.9 Å². The van der Waals surface area contributed by atoms with Crippen molar-refractivity contribution >= 4 is 69.1 Å². The van der Waals surface area contributed by atoms with Crippen molar-refractivity contribution in [3.8, 4) is 11.1 Å². The van der Waals surface area contributed by atoms with Gasteiger partial charge in [-0.05, 0) is 43.5 Å². The van der Waals surface area contributed by atoms with Crippen LogP contribution in [0, 0.1) is 6.92 Å². The number of anilines is 3. The molecule has 7 nitrogen and oxygen atoms in total. The van der Waals surface area contributed by atoms with Crippen molar-refractivity contribution in [2.45, 2.75) is 11.8 Å². The molecule has 0 aliphatic heterocycles. The number of halogens is 2. The van der Waals surface area contributed by atoms with Gasteiger partial charge in [-0.2, -0.15) is 0 Å². The van der Waals surface area contributed by atoms with E-state index in [1.165, 1.54) is 16.3 Å². The number of carbonyl (C=O) groups excluding carboxylic acids is 1. The molecule has 0 radical (unpaired) electrons. The average Bonchev–Trinajstić information content (AvgIpc) is 2.83. The van der Waals surface area contributed by atoms with Crippen LogP contribution in [0.3, 0.4) is 0 Å². The maximum atomic E-state index is 13.5.